The molecule has 0 fully saturated rings. The van der Waals surface area contributed by atoms with Crippen molar-refractivity contribution in [3.05, 3.63) is 47.0 Å². The first-order valence-corrected chi connectivity index (χ1v) is 7.94. The quantitative estimate of drug-likeness (QED) is 0.883. The summed E-state index contributed by atoms with van der Waals surface area (Å²) in [7, 11) is -3.45. The van der Waals surface area contributed by atoms with Gasteiger partial charge in [0, 0.05) is 24.9 Å². The van der Waals surface area contributed by atoms with Gasteiger partial charge in [0.05, 0.1) is 4.90 Å². The number of aromatic amines is 1. The van der Waals surface area contributed by atoms with E-state index in [4.69, 9.17) is 0 Å². The van der Waals surface area contributed by atoms with Crippen molar-refractivity contribution in [2.24, 2.45) is 0 Å². The zero-order valence-corrected chi connectivity index (χ0v) is 12.7. The first-order valence-electron chi connectivity index (χ1n) is 6.46. The van der Waals surface area contributed by atoms with Crippen molar-refractivity contribution >= 4 is 10.0 Å². The first-order chi connectivity index (χ1) is 9.38. The molecule has 6 heteroatoms. The van der Waals surface area contributed by atoms with Gasteiger partial charge in [-0.3, -0.25) is 0 Å². The van der Waals surface area contributed by atoms with Gasteiger partial charge in [0.2, 0.25) is 10.0 Å². The molecule has 20 heavy (non-hydrogen) atoms. The lowest BCUT2D eigenvalue weighted by molar-refractivity contribution is 0.581. The van der Waals surface area contributed by atoms with Gasteiger partial charge in [0.1, 0.15) is 5.82 Å². The van der Waals surface area contributed by atoms with Gasteiger partial charge in [-0.05, 0) is 44.0 Å². The van der Waals surface area contributed by atoms with Crippen molar-refractivity contribution in [1.82, 2.24) is 14.7 Å². The average molecular weight is 293 g/mol. The SMILES string of the molecule is Cc1ncc(CCNS(=O)(=O)c2ccc(C)c(C)c2)[nH]1. The van der Waals surface area contributed by atoms with E-state index in [0.717, 1.165) is 22.6 Å². The van der Waals surface area contributed by atoms with Crippen molar-refractivity contribution < 1.29 is 8.42 Å². The van der Waals surface area contributed by atoms with Crippen LogP contribution in [0.1, 0.15) is 22.6 Å². The number of benzene rings is 1. The zero-order valence-electron chi connectivity index (χ0n) is 11.9. The van der Waals surface area contributed by atoms with E-state index in [1.54, 1.807) is 18.3 Å². The van der Waals surface area contributed by atoms with Crippen molar-refractivity contribution in [3.63, 3.8) is 0 Å². The lowest BCUT2D eigenvalue weighted by atomic mass is 10.1. The number of rotatable bonds is 5. The second-order valence-electron chi connectivity index (χ2n) is 4.89. The number of sulfonamides is 1. The maximum absolute atomic E-state index is 12.2. The molecule has 0 unspecified atom stereocenters. The molecule has 1 heterocycles. The van der Waals surface area contributed by atoms with E-state index in [2.05, 4.69) is 14.7 Å². The van der Waals surface area contributed by atoms with Gasteiger partial charge < -0.3 is 4.98 Å². The Bertz CT molecular complexity index is 705. The van der Waals surface area contributed by atoms with E-state index in [-0.39, 0.29) is 0 Å². The molecule has 0 radical (unpaired) electrons. The molecule has 0 atom stereocenters. The van der Waals surface area contributed by atoms with Crippen LogP contribution >= 0.6 is 0 Å². The van der Waals surface area contributed by atoms with Crippen LogP contribution in [0.3, 0.4) is 0 Å². The minimum Gasteiger partial charge on any atom is -0.346 e. The topological polar surface area (TPSA) is 74.8 Å². The highest BCUT2D eigenvalue weighted by molar-refractivity contribution is 7.89. The summed E-state index contributed by atoms with van der Waals surface area (Å²) in [4.78, 5) is 7.46. The Hall–Kier alpha value is -1.66. The summed E-state index contributed by atoms with van der Waals surface area (Å²) in [6, 6.07) is 5.14. The molecule has 0 saturated carbocycles. The number of H-pyrrole nitrogens is 1. The molecule has 0 aliphatic carbocycles. The summed E-state index contributed by atoms with van der Waals surface area (Å²) in [5.74, 6) is 0.831. The van der Waals surface area contributed by atoms with Crippen molar-refractivity contribution in [3.8, 4) is 0 Å². The molecule has 0 amide bonds. The molecule has 0 bridgehead atoms. The molecule has 1 aromatic carbocycles. The first kappa shape index (κ1) is 14.7. The van der Waals surface area contributed by atoms with Crippen LogP contribution in [-0.2, 0) is 16.4 Å². The standard InChI is InChI=1S/C14H19N3O2S/c1-10-4-5-14(8-11(10)2)20(18,19)16-7-6-13-9-15-12(3)17-13/h4-5,8-9,16H,6-7H2,1-3H3,(H,15,17). The molecular formula is C14H19N3O2S. The summed E-state index contributed by atoms with van der Waals surface area (Å²) in [5.41, 5.74) is 2.97. The van der Waals surface area contributed by atoms with E-state index < -0.39 is 10.0 Å². The molecule has 1 aromatic heterocycles. The van der Waals surface area contributed by atoms with Crippen LogP contribution in [0.5, 0.6) is 0 Å². The number of aryl methyl sites for hydroxylation is 3. The molecule has 0 spiro atoms. The molecule has 0 aliphatic rings. The van der Waals surface area contributed by atoms with Gasteiger partial charge in [-0.15, -0.1) is 0 Å². The van der Waals surface area contributed by atoms with Gasteiger partial charge in [0.25, 0.3) is 0 Å². The molecule has 108 valence electrons. The van der Waals surface area contributed by atoms with E-state index >= 15 is 0 Å². The van der Waals surface area contributed by atoms with Crippen LogP contribution in [0.15, 0.2) is 29.3 Å². The predicted molar refractivity (Wildman–Crippen MR) is 78.1 cm³/mol. The van der Waals surface area contributed by atoms with Gasteiger partial charge in [-0.2, -0.15) is 0 Å². The molecule has 0 aliphatic heterocycles. The second-order valence-corrected chi connectivity index (χ2v) is 6.65. The summed E-state index contributed by atoms with van der Waals surface area (Å²) in [5, 5.41) is 0. The van der Waals surface area contributed by atoms with E-state index in [1.807, 2.05) is 26.8 Å². The highest BCUT2D eigenvalue weighted by Crippen LogP contribution is 2.14. The highest BCUT2D eigenvalue weighted by atomic mass is 32.2. The monoisotopic (exact) mass is 293 g/mol. The number of imidazole rings is 1. The Kier molecular flexibility index (Phi) is 4.25. The fourth-order valence-corrected chi connectivity index (χ4v) is 3.00. The molecular weight excluding hydrogens is 274 g/mol. The normalized spacial score (nSPS) is 11.8. The molecule has 5 nitrogen and oxygen atoms in total. The third kappa shape index (κ3) is 3.46. The van der Waals surface area contributed by atoms with Crippen LogP contribution < -0.4 is 4.72 Å². The minimum absolute atomic E-state index is 0.307. The van der Waals surface area contributed by atoms with Gasteiger partial charge >= 0.3 is 0 Å². The smallest absolute Gasteiger partial charge is 0.240 e. The van der Waals surface area contributed by atoms with Gasteiger partial charge in [0.15, 0.2) is 0 Å². The third-order valence-electron chi connectivity index (χ3n) is 3.23. The molecule has 2 aromatic rings. The summed E-state index contributed by atoms with van der Waals surface area (Å²) < 4.78 is 26.9. The lowest BCUT2D eigenvalue weighted by Gasteiger charge is -2.08. The van der Waals surface area contributed by atoms with Crippen LogP contribution in [0.2, 0.25) is 0 Å². The zero-order chi connectivity index (χ0) is 14.8. The predicted octanol–water partition coefficient (Wildman–Crippen LogP) is 1.86. The maximum atomic E-state index is 12.2. The second kappa shape index (κ2) is 5.76. The van der Waals surface area contributed by atoms with Gasteiger partial charge in [-0.1, -0.05) is 6.07 Å². The number of nitrogens with zero attached hydrogens (tertiary/aromatic N) is 1. The maximum Gasteiger partial charge on any atom is 0.240 e. The lowest BCUT2D eigenvalue weighted by Crippen LogP contribution is -2.26. The van der Waals surface area contributed by atoms with Crippen molar-refractivity contribution in [2.75, 3.05) is 6.54 Å². The summed E-state index contributed by atoms with van der Waals surface area (Å²) >= 11 is 0. The van der Waals surface area contributed by atoms with Gasteiger partial charge in [-0.25, -0.2) is 18.1 Å². The molecule has 0 saturated heterocycles. The third-order valence-corrected chi connectivity index (χ3v) is 4.69. The van der Waals surface area contributed by atoms with Crippen LogP contribution in [0, 0.1) is 20.8 Å². The van der Waals surface area contributed by atoms with Crippen molar-refractivity contribution in [1.29, 1.82) is 0 Å². The largest absolute Gasteiger partial charge is 0.346 e. The molecule has 2 N–H and O–H groups in total. The highest BCUT2D eigenvalue weighted by Gasteiger charge is 2.14. The number of nitrogens with one attached hydrogen (secondary N) is 2. The van der Waals surface area contributed by atoms with Crippen molar-refractivity contribution in [2.45, 2.75) is 32.1 Å². The van der Waals surface area contributed by atoms with Crippen LogP contribution in [0.4, 0.5) is 0 Å². The van der Waals surface area contributed by atoms with Crippen LogP contribution in [0.25, 0.3) is 0 Å². The fraction of sp³-hybridized carbons (Fsp3) is 0.357. The average Bonchev–Trinajstić information content (AvgIpc) is 2.78. The Morgan fingerprint density at radius 2 is 1.95 bits per heavy atom. The summed E-state index contributed by atoms with van der Waals surface area (Å²) in [6.07, 6.45) is 2.31. The number of hydrogen-bond acceptors (Lipinski definition) is 3. The Morgan fingerprint density at radius 1 is 1.20 bits per heavy atom. The number of hydrogen-bond donors (Lipinski definition) is 2. The molecule has 2 rings (SSSR count). The van der Waals surface area contributed by atoms with E-state index in [9.17, 15) is 8.42 Å². The summed E-state index contributed by atoms with van der Waals surface area (Å²) in [6.45, 7) is 6.07. The Balaban J connectivity index is 2.02. The Morgan fingerprint density at radius 3 is 2.55 bits per heavy atom. The minimum atomic E-state index is -3.45. The number of aromatic nitrogens is 2. The fourth-order valence-electron chi connectivity index (χ4n) is 1.88. The Labute approximate surface area is 119 Å². The van der Waals surface area contributed by atoms with Crippen LogP contribution in [-0.4, -0.2) is 24.9 Å². The van der Waals surface area contributed by atoms with E-state index in [0.29, 0.717) is 17.9 Å². The van der Waals surface area contributed by atoms with E-state index in [1.165, 1.54) is 0 Å².